The molecule has 1 atom stereocenters. The van der Waals surface area contributed by atoms with Crippen molar-refractivity contribution < 1.29 is 14.3 Å². The third-order valence-electron chi connectivity index (χ3n) is 4.49. The van der Waals surface area contributed by atoms with Crippen LogP contribution in [0.3, 0.4) is 0 Å². The largest absolute Gasteiger partial charge is 0.486 e. The molecule has 1 N–H and O–H groups in total. The van der Waals surface area contributed by atoms with Gasteiger partial charge in [-0.2, -0.15) is 11.3 Å². The van der Waals surface area contributed by atoms with Gasteiger partial charge in [0.1, 0.15) is 13.2 Å². The van der Waals surface area contributed by atoms with Gasteiger partial charge in [-0.05, 0) is 52.9 Å². The Morgan fingerprint density at radius 2 is 2.12 bits per heavy atom. The Kier molecular flexibility index (Phi) is 4.30. The van der Waals surface area contributed by atoms with Gasteiger partial charge in [-0.15, -0.1) is 0 Å². The van der Waals surface area contributed by atoms with Crippen molar-refractivity contribution in [1.82, 2.24) is 10.2 Å². The van der Waals surface area contributed by atoms with Crippen LogP contribution in [0, 0.1) is 0 Å². The summed E-state index contributed by atoms with van der Waals surface area (Å²) in [5, 5.41) is 7.11. The second-order valence-electron chi connectivity index (χ2n) is 6.04. The van der Waals surface area contributed by atoms with Gasteiger partial charge in [0.2, 0.25) is 0 Å². The van der Waals surface area contributed by atoms with Crippen molar-refractivity contribution in [2.45, 2.75) is 25.4 Å². The summed E-state index contributed by atoms with van der Waals surface area (Å²) in [5.41, 5.74) is 2.26. The van der Waals surface area contributed by atoms with Gasteiger partial charge in [0, 0.05) is 13.1 Å². The fourth-order valence-corrected chi connectivity index (χ4v) is 3.96. The molecule has 2 aliphatic heterocycles. The zero-order chi connectivity index (χ0) is 16.4. The SMILES string of the molecule is O=C(NCc1ccsc1)N1CCCC1c1ccc2c(c1)OCCO2. The predicted molar refractivity (Wildman–Crippen MR) is 92.7 cm³/mol. The van der Waals surface area contributed by atoms with Crippen molar-refractivity contribution in [3.05, 3.63) is 46.2 Å². The summed E-state index contributed by atoms with van der Waals surface area (Å²) in [4.78, 5) is 14.5. The first-order valence-corrected chi connectivity index (χ1v) is 9.20. The molecule has 0 radical (unpaired) electrons. The molecule has 126 valence electrons. The van der Waals surface area contributed by atoms with Crippen molar-refractivity contribution >= 4 is 17.4 Å². The maximum atomic E-state index is 12.6. The van der Waals surface area contributed by atoms with E-state index < -0.39 is 0 Å². The van der Waals surface area contributed by atoms with E-state index in [4.69, 9.17) is 9.47 Å². The lowest BCUT2D eigenvalue weighted by Gasteiger charge is -2.27. The molecule has 1 unspecified atom stereocenters. The maximum absolute atomic E-state index is 12.6. The molecular weight excluding hydrogens is 324 g/mol. The van der Waals surface area contributed by atoms with Gasteiger partial charge in [-0.3, -0.25) is 0 Å². The van der Waals surface area contributed by atoms with Gasteiger partial charge in [0.05, 0.1) is 6.04 Å². The number of hydrogen-bond donors (Lipinski definition) is 1. The standard InChI is InChI=1S/C18H20N2O3S/c21-18(19-11-13-5-9-24-12-13)20-6-1-2-15(20)14-3-4-16-17(10-14)23-8-7-22-16/h3-5,9-10,12,15H,1-2,6-8,11H2,(H,19,21). The molecule has 0 bridgehead atoms. The van der Waals surface area contributed by atoms with E-state index in [1.807, 2.05) is 34.5 Å². The summed E-state index contributed by atoms with van der Waals surface area (Å²) in [6.45, 7) is 2.53. The van der Waals surface area contributed by atoms with E-state index in [1.54, 1.807) is 11.3 Å². The van der Waals surface area contributed by atoms with E-state index in [0.717, 1.165) is 42.0 Å². The number of carbonyl (C=O) groups is 1. The average molecular weight is 344 g/mol. The van der Waals surface area contributed by atoms with Crippen LogP contribution in [0.15, 0.2) is 35.0 Å². The summed E-state index contributed by atoms with van der Waals surface area (Å²) >= 11 is 1.64. The zero-order valence-electron chi connectivity index (χ0n) is 13.4. The van der Waals surface area contributed by atoms with Crippen LogP contribution >= 0.6 is 11.3 Å². The second-order valence-corrected chi connectivity index (χ2v) is 6.82. The summed E-state index contributed by atoms with van der Waals surface area (Å²) < 4.78 is 11.3. The number of thiophene rings is 1. The van der Waals surface area contributed by atoms with Gasteiger partial charge in [0.15, 0.2) is 11.5 Å². The molecule has 0 aliphatic carbocycles. The first-order valence-electron chi connectivity index (χ1n) is 8.26. The van der Waals surface area contributed by atoms with Crippen LogP contribution in [-0.4, -0.2) is 30.7 Å². The van der Waals surface area contributed by atoms with Crippen LogP contribution in [0.1, 0.15) is 30.0 Å². The van der Waals surface area contributed by atoms with Crippen LogP contribution in [0.25, 0.3) is 0 Å². The molecule has 0 saturated carbocycles. The van der Waals surface area contributed by atoms with Crippen LogP contribution in [0.2, 0.25) is 0 Å². The number of likely N-dealkylation sites (tertiary alicyclic amines) is 1. The third-order valence-corrected chi connectivity index (χ3v) is 5.22. The summed E-state index contributed by atoms with van der Waals surface area (Å²) in [6, 6.07) is 8.14. The predicted octanol–water partition coefficient (Wildman–Crippen LogP) is 3.57. The monoisotopic (exact) mass is 344 g/mol. The Balaban J connectivity index is 1.47. The number of hydrogen-bond acceptors (Lipinski definition) is 4. The lowest BCUT2D eigenvalue weighted by Crippen LogP contribution is -2.39. The minimum absolute atomic E-state index is 0.00131. The summed E-state index contributed by atoms with van der Waals surface area (Å²) in [6.07, 6.45) is 2.00. The number of urea groups is 1. The lowest BCUT2D eigenvalue weighted by atomic mass is 10.0. The van der Waals surface area contributed by atoms with Crippen LogP contribution in [0.5, 0.6) is 11.5 Å². The van der Waals surface area contributed by atoms with Gasteiger partial charge in [0.25, 0.3) is 0 Å². The molecule has 2 aromatic rings. The number of nitrogens with zero attached hydrogens (tertiary/aromatic N) is 1. The van der Waals surface area contributed by atoms with Gasteiger partial charge in [-0.25, -0.2) is 4.79 Å². The molecule has 2 aliphatic rings. The zero-order valence-corrected chi connectivity index (χ0v) is 14.2. The fraction of sp³-hybridized carbons (Fsp3) is 0.389. The minimum atomic E-state index is -0.00131. The Morgan fingerprint density at radius 3 is 2.96 bits per heavy atom. The Hall–Kier alpha value is -2.21. The lowest BCUT2D eigenvalue weighted by molar-refractivity contribution is 0.170. The molecule has 1 fully saturated rings. The molecule has 6 heteroatoms. The fourth-order valence-electron chi connectivity index (χ4n) is 3.30. The summed E-state index contributed by atoms with van der Waals surface area (Å²) in [7, 11) is 0. The minimum Gasteiger partial charge on any atom is -0.486 e. The first-order chi connectivity index (χ1) is 11.8. The molecule has 1 aromatic heterocycles. The van der Waals surface area contributed by atoms with E-state index in [0.29, 0.717) is 19.8 Å². The number of ether oxygens (including phenoxy) is 2. The van der Waals surface area contributed by atoms with E-state index in [1.165, 1.54) is 0 Å². The normalized spacial score (nSPS) is 19.3. The number of carbonyl (C=O) groups excluding carboxylic acids is 1. The van der Waals surface area contributed by atoms with E-state index in [2.05, 4.69) is 10.7 Å². The van der Waals surface area contributed by atoms with E-state index in [-0.39, 0.29) is 12.1 Å². The average Bonchev–Trinajstić information content (AvgIpc) is 3.31. The topological polar surface area (TPSA) is 50.8 Å². The Labute approximate surface area is 145 Å². The highest BCUT2D eigenvalue weighted by atomic mass is 32.1. The number of nitrogens with one attached hydrogen (secondary N) is 1. The molecule has 2 amide bonds. The molecule has 3 heterocycles. The highest BCUT2D eigenvalue weighted by Gasteiger charge is 2.30. The number of rotatable bonds is 3. The highest BCUT2D eigenvalue weighted by Crippen LogP contribution is 2.38. The van der Waals surface area contributed by atoms with Gasteiger partial charge in [-0.1, -0.05) is 6.07 Å². The number of amides is 2. The smallest absolute Gasteiger partial charge is 0.318 e. The quantitative estimate of drug-likeness (QED) is 0.926. The molecule has 24 heavy (non-hydrogen) atoms. The molecular formula is C18H20N2O3S. The van der Waals surface area contributed by atoms with Gasteiger partial charge < -0.3 is 19.7 Å². The van der Waals surface area contributed by atoms with Crippen molar-refractivity contribution in [3.8, 4) is 11.5 Å². The molecule has 0 spiro atoms. The maximum Gasteiger partial charge on any atom is 0.318 e. The molecule has 1 saturated heterocycles. The molecule has 4 rings (SSSR count). The highest BCUT2D eigenvalue weighted by molar-refractivity contribution is 7.07. The molecule has 5 nitrogen and oxygen atoms in total. The van der Waals surface area contributed by atoms with E-state index in [9.17, 15) is 4.79 Å². The Bertz CT molecular complexity index is 717. The van der Waals surface area contributed by atoms with Crippen LogP contribution < -0.4 is 14.8 Å². The van der Waals surface area contributed by atoms with Crippen molar-refractivity contribution in [1.29, 1.82) is 0 Å². The van der Waals surface area contributed by atoms with Gasteiger partial charge >= 0.3 is 6.03 Å². The number of fused-ring (bicyclic) bond motifs is 1. The van der Waals surface area contributed by atoms with E-state index >= 15 is 0 Å². The number of benzene rings is 1. The Morgan fingerprint density at radius 1 is 1.25 bits per heavy atom. The van der Waals surface area contributed by atoms with Crippen molar-refractivity contribution in [2.75, 3.05) is 19.8 Å². The van der Waals surface area contributed by atoms with Crippen LogP contribution in [0.4, 0.5) is 4.79 Å². The summed E-state index contributed by atoms with van der Waals surface area (Å²) in [5.74, 6) is 1.57. The second kappa shape index (κ2) is 6.73. The first kappa shape index (κ1) is 15.3. The molecule has 1 aromatic carbocycles. The van der Waals surface area contributed by atoms with Crippen molar-refractivity contribution in [3.63, 3.8) is 0 Å². The van der Waals surface area contributed by atoms with Crippen molar-refractivity contribution in [2.24, 2.45) is 0 Å². The van der Waals surface area contributed by atoms with Crippen LogP contribution in [-0.2, 0) is 6.54 Å². The third kappa shape index (κ3) is 3.06.